The Morgan fingerprint density at radius 1 is 1.26 bits per heavy atom. The van der Waals surface area contributed by atoms with Gasteiger partial charge in [-0.05, 0) is 31.0 Å². The van der Waals surface area contributed by atoms with E-state index in [1.807, 2.05) is 42.2 Å². The van der Waals surface area contributed by atoms with E-state index < -0.39 is 6.10 Å². The van der Waals surface area contributed by atoms with Crippen molar-refractivity contribution in [1.29, 1.82) is 0 Å². The molecule has 0 amide bonds. The number of hydrogen-bond acceptors (Lipinski definition) is 3. The molecule has 98 valence electrons. The van der Waals surface area contributed by atoms with Crippen LogP contribution in [0.1, 0.15) is 23.8 Å². The van der Waals surface area contributed by atoms with Gasteiger partial charge in [0, 0.05) is 30.7 Å². The van der Waals surface area contributed by atoms with Crippen molar-refractivity contribution in [2.75, 3.05) is 0 Å². The monoisotopic (exact) mass is 256 g/mol. The first-order valence-electron chi connectivity index (χ1n) is 6.33. The van der Waals surface area contributed by atoms with Gasteiger partial charge in [0.05, 0.1) is 17.8 Å². The van der Waals surface area contributed by atoms with Crippen LogP contribution in [0.4, 0.5) is 0 Å². The molecule has 5 nitrogen and oxygen atoms in total. The van der Waals surface area contributed by atoms with Gasteiger partial charge in [0.2, 0.25) is 0 Å². The molecule has 3 aromatic rings. The first kappa shape index (κ1) is 11.9. The van der Waals surface area contributed by atoms with Gasteiger partial charge in [-0.2, -0.15) is 10.2 Å². The number of pyridine rings is 1. The van der Waals surface area contributed by atoms with E-state index in [9.17, 15) is 5.11 Å². The van der Waals surface area contributed by atoms with E-state index in [2.05, 4.69) is 10.2 Å². The lowest BCUT2D eigenvalue weighted by Crippen LogP contribution is -2.03. The molecule has 3 heterocycles. The Morgan fingerprint density at radius 2 is 2.16 bits per heavy atom. The maximum atomic E-state index is 10.3. The summed E-state index contributed by atoms with van der Waals surface area (Å²) in [7, 11) is 1.91. The molecule has 0 aromatic carbocycles. The zero-order valence-corrected chi connectivity index (χ0v) is 10.8. The molecule has 0 aliphatic carbocycles. The van der Waals surface area contributed by atoms with Crippen LogP contribution in [-0.2, 0) is 13.5 Å². The number of aliphatic hydroxyl groups is 1. The smallest absolute Gasteiger partial charge is 0.0830 e. The summed E-state index contributed by atoms with van der Waals surface area (Å²) in [5.74, 6) is 0. The lowest BCUT2D eigenvalue weighted by molar-refractivity contribution is 0.168. The molecule has 0 saturated heterocycles. The summed E-state index contributed by atoms with van der Waals surface area (Å²) in [6.07, 6.45) is 6.35. The molecule has 1 unspecified atom stereocenters. The van der Waals surface area contributed by atoms with Gasteiger partial charge in [-0.15, -0.1) is 0 Å². The number of rotatable bonds is 4. The fourth-order valence-electron chi connectivity index (χ4n) is 2.30. The second-order valence-electron chi connectivity index (χ2n) is 4.63. The maximum Gasteiger partial charge on any atom is 0.0830 e. The highest BCUT2D eigenvalue weighted by molar-refractivity contribution is 5.54. The highest BCUT2D eigenvalue weighted by Gasteiger charge is 2.14. The third-order valence-electron chi connectivity index (χ3n) is 3.41. The Labute approximate surface area is 111 Å². The largest absolute Gasteiger partial charge is 0.388 e. The summed E-state index contributed by atoms with van der Waals surface area (Å²) in [6, 6.07) is 7.82. The van der Waals surface area contributed by atoms with Crippen molar-refractivity contribution in [3.8, 4) is 0 Å². The Morgan fingerprint density at radius 3 is 2.95 bits per heavy atom. The SMILES string of the molecule is Cn1nccc1CCC(O)c1cnn2ccccc12. The zero-order chi connectivity index (χ0) is 13.2. The van der Waals surface area contributed by atoms with Crippen molar-refractivity contribution in [1.82, 2.24) is 19.4 Å². The first-order chi connectivity index (χ1) is 9.25. The molecule has 0 radical (unpaired) electrons. The number of fused-ring (bicyclic) bond motifs is 1. The first-order valence-corrected chi connectivity index (χ1v) is 6.33. The predicted octanol–water partition coefficient (Wildman–Crippen LogP) is 1.73. The van der Waals surface area contributed by atoms with Gasteiger partial charge in [-0.25, -0.2) is 4.52 Å². The van der Waals surface area contributed by atoms with Crippen LogP contribution in [0, 0.1) is 0 Å². The predicted molar refractivity (Wildman–Crippen MR) is 71.7 cm³/mol. The van der Waals surface area contributed by atoms with Gasteiger partial charge in [-0.1, -0.05) is 6.07 Å². The van der Waals surface area contributed by atoms with Crippen LogP contribution in [0.25, 0.3) is 5.52 Å². The molecule has 5 heteroatoms. The van der Waals surface area contributed by atoms with Crippen molar-refractivity contribution in [2.24, 2.45) is 7.05 Å². The second kappa shape index (κ2) is 4.85. The summed E-state index contributed by atoms with van der Waals surface area (Å²) in [5, 5.41) is 18.7. The van der Waals surface area contributed by atoms with Crippen LogP contribution in [0.5, 0.6) is 0 Å². The third-order valence-corrected chi connectivity index (χ3v) is 3.41. The van der Waals surface area contributed by atoms with Crippen LogP contribution in [0.2, 0.25) is 0 Å². The highest BCUT2D eigenvalue weighted by Crippen LogP contribution is 2.23. The van der Waals surface area contributed by atoms with Gasteiger partial charge in [0.15, 0.2) is 0 Å². The molecule has 0 bridgehead atoms. The molecule has 0 spiro atoms. The number of nitrogens with zero attached hydrogens (tertiary/aromatic N) is 4. The molecule has 3 aromatic heterocycles. The van der Waals surface area contributed by atoms with Crippen LogP contribution < -0.4 is 0 Å². The topological polar surface area (TPSA) is 55.3 Å². The molecule has 1 N–H and O–H groups in total. The van der Waals surface area contributed by atoms with E-state index in [4.69, 9.17) is 0 Å². The summed E-state index contributed by atoms with van der Waals surface area (Å²) in [5.41, 5.74) is 2.96. The van der Waals surface area contributed by atoms with Crippen LogP contribution in [-0.4, -0.2) is 24.5 Å². The molecule has 0 aliphatic rings. The number of aromatic nitrogens is 4. The van der Waals surface area contributed by atoms with Crippen molar-refractivity contribution in [3.63, 3.8) is 0 Å². The molecule has 3 rings (SSSR count). The standard InChI is InChI=1S/C14H16N4O/c1-17-11(7-8-15-17)5-6-14(19)12-10-16-18-9-3-2-4-13(12)18/h2-4,7-10,14,19H,5-6H2,1H3. The molecule has 19 heavy (non-hydrogen) atoms. The molecular weight excluding hydrogens is 240 g/mol. The quantitative estimate of drug-likeness (QED) is 0.773. The zero-order valence-electron chi connectivity index (χ0n) is 10.8. The fraction of sp³-hybridized carbons (Fsp3) is 0.286. The van der Waals surface area contributed by atoms with Gasteiger partial charge < -0.3 is 5.11 Å². The van der Waals surface area contributed by atoms with Gasteiger partial charge in [-0.3, -0.25) is 4.68 Å². The van der Waals surface area contributed by atoms with Gasteiger partial charge in [0.25, 0.3) is 0 Å². The van der Waals surface area contributed by atoms with Crippen molar-refractivity contribution >= 4 is 5.52 Å². The van der Waals surface area contributed by atoms with Crippen LogP contribution >= 0.6 is 0 Å². The molecule has 1 atom stereocenters. The van der Waals surface area contributed by atoms with E-state index in [-0.39, 0.29) is 0 Å². The van der Waals surface area contributed by atoms with Crippen LogP contribution in [0.15, 0.2) is 42.9 Å². The van der Waals surface area contributed by atoms with Crippen LogP contribution in [0.3, 0.4) is 0 Å². The van der Waals surface area contributed by atoms with E-state index in [1.54, 1.807) is 16.9 Å². The van der Waals surface area contributed by atoms with Crippen molar-refractivity contribution in [2.45, 2.75) is 18.9 Å². The highest BCUT2D eigenvalue weighted by atomic mass is 16.3. The average molecular weight is 256 g/mol. The minimum atomic E-state index is -0.505. The lowest BCUT2D eigenvalue weighted by Gasteiger charge is -2.09. The minimum Gasteiger partial charge on any atom is -0.388 e. The average Bonchev–Trinajstić information content (AvgIpc) is 3.02. The maximum absolute atomic E-state index is 10.3. The Kier molecular flexibility index (Phi) is 3.05. The summed E-state index contributed by atoms with van der Waals surface area (Å²) < 4.78 is 3.62. The second-order valence-corrected chi connectivity index (χ2v) is 4.63. The van der Waals surface area contributed by atoms with E-state index in [0.717, 1.165) is 23.2 Å². The normalized spacial score (nSPS) is 12.9. The molecular formula is C14H16N4O. The minimum absolute atomic E-state index is 0.505. The fourth-order valence-corrected chi connectivity index (χ4v) is 2.30. The van der Waals surface area contributed by atoms with E-state index >= 15 is 0 Å². The Bertz CT molecular complexity index is 685. The molecule has 0 fully saturated rings. The van der Waals surface area contributed by atoms with Gasteiger partial charge >= 0.3 is 0 Å². The lowest BCUT2D eigenvalue weighted by atomic mass is 10.1. The summed E-state index contributed by atoms with van der Waals surface area (Å²) in [6.45, 7) is 0. The number of aryl methyl sites for hydroxylation is 2. The van der Waals surface area contributed by atoms with Gasteiger partial charge in [0.1, 0.15) is 0 Å². The third kappa shape index (κ3) is 2.24. The Balaban J connectivity index is 1.77. The summed E-state index contributed by atoms with van der Waals surface area (Å²) >= 11 is 0. The van der Waals surface area contributed by atoms with Crippen molar-refractivity contribution in [3.05, 3.63) is 54.1 Å². The molecule has 0 aliphatic heterocycles. The number of hydrogen-bond donors (Lipinski definition) is 1. The molecule has 0 saturated carbocycles. The van der Waals surface area contributed by atoms with E-state index in [0.29, 0.717) is 6.42 Å². The van der Waals surface area contributed by atoms with E-state index in [1.165, 1.54) is 0 Å². The number of aliphatic hydroxyl groups excluding tert-OH is 1. The summed E-state index contributed by atoms with van der Waals surface area (Å²) in [4.78, 5) is 0. The van der Waals surface area contributed by atoms with Crippen molar-refractivity contribution < 1.29 is 5.11 Å². The Hall–Kier alpha value is -2.14.